The van der Waals surface area contributed by atoms with Crippen molar-refractivity contribution in [3.8, 4) is 0 Å². The summed E-state index contributed by atoms with van der Waals surface area (Å²) < 4.78 is 0. The van der Waals surface area contributed by atoms with Crippen LogP contribution in [0.3, 0.4) is 0 Å². The van der Waals surface area contributed by atoms with Crippen LogP contribution in [-0.4, -0.2) is 171 Å². The molecule has 0 radical (unpaired) electrons. The van der Waals surface area contributed by atoms with Gasteiger partial charge in [-0.1, -0.05) is 44.2 Å². The first kappa shape index (κ1) is 63.8. The number of carboxylic acid groups (broad SMARTS) is 1. The standard InChI is InChI=1S/C47H75N13O15/c1-24(2)20-30(44(71)59-38(25(3)62)47(74)75)57-45(72)34-13-9-19-60(34)46(73)33(23-61)58-40(67)28(12-7-8-18-48)54-43(70)32(22-37(52)65)56-42(69)31(21-26-10-5-4-6-11-26)55-41(68)29(15-17-36(51)64)53-39(66)27(49)14-16-35(50)63/h4-6,10-11,24-25,27-34,38,61-62H,7-9,12-23,48-49H2,1-3H3,(H2,50,63)(H2,51,64)(H2,52,65)(H,53,66)(H,54,70)(H,55,68)(H,56,69)(H,57,72)(H,58,67)(H,59,71)(H,74,75)/t25-,27+,28+,29+,30+,31+,32+,33+,34+,38+/m1/s1. The van der Waals surface area contributed by atoms with Crippen molar-refractivity contribution in [2.45, 2.75) is 158 Å². The van der Waals surface area contributed by atoms with E-state index in [1.165, 1.54) is 0 Å². The third kappa shape index (κ3) is 22.4. The van der Waals surface area contributed by atoms with Crippen LogP contribution in [0.2, 0.25) is 0 Å². The Balaban J connectivity index is 2.39. The van der Waals surface area contributed by atoms with Gasteiger partial charge in [-0.25, -0.2) is 4.79 Å². The molecule has 1 aliphatic heterocycles. The van der Waals surface area contributed by atoms with E-state index in [2.05, 4.69) is 37.2 Å². The molecule has 10 atom stereocenters. The highest BCUT2D eigenvalue weighted by Gasteiger charge is 2.41. The zero-order valence-electron chi connectivity index (χ0n) is 42.4. The second-order valence-corrected chi connectivity index (χ2v) is 18.7. The molecule has 2 rings (SSSR count). The zero-order valence-corrected chi connectivity index (χ0v) is 42.4. The second-order valence-electron chi connectivity index (χ2n) is 18.7. The van der Waals surface area contributed by atoms with Crippen LogP contribution in [0.1, 0.15) is 97.0 Å². The molecule has 11 amide bonds. The van der Waals surface area contributed by atoms with Crippen molar-refractivity contribution in [3.05, 3.63) is 35.9 Å². The summed E-state index contributed by atoms with van der Waals surface area (Å²) in [4.78, 5) is 158. The molecule has 0 spiro atoms. The van der Waals surface area contributed by atoms with Crippen molar-refractivity contribution >= 4 is 70.9 Å². The Hall–Kier alpha value is -7.30. The molecule has 28 nitrogen and oxygen atoms in total. The molecular formula is C47H75N13O15. The van der Waals surface area contributed by atoms with Crippen LogP contribution in [0.25, 0.3) is 0 Å². The number of primary amides is 3. The molecule has 1 aliphatic rings. The van der Waals surface area contributed by atoms with Gasteiger partial charge >= 0.3 is 5.97 Å². The monoisotopic (exact) mass is 1060 g/mol. The van der Waals surface area contributed by atoms with Crippen molar-refractivity contribution in [1.29, 1.82) is 0 Å². The van der Waals surface area contributed by atoms with Gasteiger partial charge in [0.05, 0.1) is 25.2 Å². The first-order chi connectivity index (χ1) is 35.3. The molecule has 0 aliphatic carbocycles. The minimum absolute atomic E-state index is 0.0143. The van der Waals surface area contributed by atoms with Gasteiger partial charge in [0.15, 0.2) is 6.04 Å². The lowest BCUT2D eigenvalue weighted by Crippen LogP contribution is -2.61. The van der Waals surface area contributed by atoms with Crippen LogP contribution in [-0.2, 0) is 64.0 Å². The molecule has 1 fully saturated rings. The number of aliphatic hydroxyl groups excluding tert-OH is 2. The molecule has 75 heavy (non-hydrogen) atoms. The fourth-order valence-electron chi connectivity index (χ4n) is 7.89. The zero-order chi connectivity index (χ0) is 56.5. The number of carboxylic acids is 1. The summed E-state index contributed by atoms with van der Waals surface area (Å²) in [6, 6.07) is -5.34. The first-order valence-electron chi connectivity index (χ1n) is 24.6. The van der Waals surface area contributed by atoms with Crippen LogP contribution < -0.4 is 65.9 Å². The van der Waals surface area contributed by atoms with Gasteiger partial charge in [0.1, 0.15) is 42.3 Å². The average Bonchev–Trinajstić information content (AvgIpc) is 3.84. The Morgan fingerprint density at radius 2 is 1.16 bits per heavy atom. The highest BCUT2D eigenvalue weighted by Crippen LogP contribution is 2.20. The Kier molecular flexibility index (Phi) is 27.3. The fourth-order valence-corrected chi connectivity index (χ4v) is 7.89. The van der Waals surface area contributed by atoms with Crippen LogP contribution in [0.5, 0.6) is 0 Å². The van der Waals surface area contributed by atoms with E-state index in [4.69, 9.17) is 28.7 Å². The number of carbonyl (C=O) groups is 12. The van der Waals surface area contributed by atoms with E-state index in [0.29, 0.717) is 18.4 Å². The third-order valence-corrected chi connectivity index (χ3v) is 11.9. The summed E-state index contributed by atoms with van der Waals surface area (Å²) in [6.07, 6.45) is -2.85. The molecule has 0 unspecified atom stereocenters. The normalized spacial score (nSPS) is 16.7. The van der Waals surface area contributed by atoms with E-state index in [0.717, 1.165) is 11.8 Å². The van der Waals surface area contributed by atoms with E-state index in [1.54, 1.807) is 44.2 Å². The highest BCUT2D eigenvalue weighted by molar-refractivity contribution is 5.99. The van der Waals surface area contributed by atoms with Crippen molar-refractivity contribution in [2.75, 3.05) is 19.7 Å². The van der Waals surface area contributed by atoms with Crippen LogP contribution in [0, 0.1) is 5.92 Å². The van der Waals surface area contributed by atoms with E-state index >= 15 is 0 Å². The maximum atomic E-state index is 14.1. The van der Waals surface area contributed by atoms with Crippen molar-refractivity contribution in [3.63, 3.8) is 0 Å². The number of benzene rings is 1. The molecule has 28 heteroatoms. The lowest BCUT2D eigenvalue weighted by Gasteiger charge is -2.31. The Morgan fingerprint density at radius 1 is 0.640 bits per heavy atom. The number of amides is 11. The average molecular weight is 1060 g/mol. The molecule has 1 heterocycles. The summed E-state index contributed by atoms with van der Waals surface area (Å²) in [6.45, 7) is 3.82. The number of likely N-dealkylation sites (tertiary alicyclic amines) is 1. The Bertz CT molecular complexity index is 2170. The van der Waals surface area contributed by atoms with Gasteiger partial charge in [-0.05, 0) is 76.3 Å². The van der Waals surface area contributed by atoms with Gasteiger partial charge in [-0.15, -0.1) is 0 Å². The Morgan fingerprint density at radius 3 is 1.71 bits per heavy atom. The van der Waals surface area contributed by atoms with Crippen molar-refractivity contribution in [1.82, 2.24) is 42.1 Å². The van der Waals surface area contributed by atoms with Crippen LogP contribution in [0.4, 0.5) is 0 Å². The number of aliphatic carboxylic acids is 1. The molecular weight excluding hydrogens is 987 g/mol. The molecule has 1 aromatic rings. The fraction of sp³-hybridized carbons (Fsp3) is 0.617. The maximum absolute atomic E-state index is 14.1. The molecule has 0 bridgehead atoms. The summed E-state index contributed by atoms with van der Waals surface area (Å²) in [5.74, 6) is -12.0. The van der Waals surface area contributed by atoms with Crippen molar-refractivity contribution in [2.24, 2.45) is 34.6 Å². The van der Waals surface area contributed by atoms with E-state index < -0.39 is 151 Å². The number of nitrogens with two attached hydrogens (primary N) is 5. The predicted octanol–water partition coefficient (Wildman–Crippen LogP) is -6.02. The quantitative estimate of drug-likeness (QED) is 0.0286. The molecule has 418 valence electrons. The number of nitrogens with zero attached hydrogens (tertiary/aromatic N) is 1. The van der Waals surface area contributed by atoms with Gasteiger partial charge in [-0.2, -0.15) is 0 Å². The number of hydrogen-bond donors (Lipinski definition) is 15. The van der Waals surface area contributed by atoms with Gasteiger partial charge in [0.25, 0.3) is 0 Å². The van der Waals surface area contributed by atoms with Crippen LogP contribution >= 0.6 is 0 Å². The van der Waals surface area contributed by atoms with E-state index in [9.17, 15) is 72.9 Å². The molecule has 20 N–H and O–H groups in total. The first-order valence-corrected chi connectivity index (χ1v) is 24.6. The number of carbonyl (C=O) groups excluding carboxylic acids is 11. The maximum Gasteiger partial charge on any atom is 0.328 e. The van der Waals surface area contributed by atoms with Gasteiger partial charge < -0.3 is 86.1 Å². The smallest absolute Gasteiger partial charge is 0.328 e. The molecule has 0 aromatic heterocycles. The van der Waals surface area contributed by atoms with Crippen molar-refractivity contribution < 1.29 is 72.9 Å². The highest BCUT2D eigenvalue weighted by atomic mass is 16.4. The molecule has 1 saturated heterocycles. The lowest BCUT2D eigenvalue weighted by molar-refractivity contribution is -0.146. The van der Waals surface area contributed by atoms with Gasteiger partial charge in [0.2, 0.25) is 65.0 Å². The second kappa shape index (κ2) is 32.1. The topological polar surface area (TPSA) is 483 Å². The largest absolute Gasteiger partial charge is 0.480 e. The van der Waals surface area contributed by atoms with Gasteiger partial charge in [0, 0.05) is 25.8 Å². The number of unbranched alkanes of at least 4 members (excludes halogenated alkanes) is 1. The predicted molar refractivity (Wildman–Crippen MR) is 266 cm³/mol. The SMILES string of the molecule is CC(C)C[C@H](NC(=O)[C@@H]1CCCN1C(=O)[C@H](CO)NC(=O)[C@H](CCCCN)NC(=O)[C@H](CC(N)=O)NC(=O)[C@H](Cc1ccccc1)NC(=O)[C@H](CCC(N)=O)NC(=O)[C@@H](N)CCC(N)=O)C(=O)N[C@H](C(=O)O)[C@@H](C)O. The number of hydrogen-bond acceptors (Lipinski definition) is 16. The molecule has 1 aromatic carbocycles. The lowest BCUT2D eigenvalue weighted by atomic mass is 10.0. The number of aliphatic hydroxyl groups is 2. The van der Waals surface area contributed by atoms with E-state index in [1.807, 2.05) is 0 Å². The van der Waals surface area contributed by atoms with Gasteiger partial charge in [-0.3, -0.25) is 52.7 Å². The minimum Gasteiger partial charge on any atom is -0.480 e. The number of nitrogens with one attached hydrogen (secondary N) is 7. The summed E-state index contributed by atoms with van der Waals surface area (Å²) in [5, 5.41) is 46.7. The van der Waals surface area contributed by atoms with Crippen LogP contribution in [0.15, 0.2) is 30.3 Å². The number of rotatable bonds is 34. The summed E-state index contributed by atoms with van der Waals surface area (Å²) in [7, 11) is 0. The summed E-state index contributed by atoms with van der Waals surface area (Å²) in [5.41, 5.74) is 28.0. The minimum atomic E-state index is -1.80. The third-order valence-electron chi connectivity index (χ3n) is 11.9. The summed E-state index contributed by atoms with van der Waals surface area (Å²) >= 11 is 0. The van der Waals surface area contributed by atoms with E-state index in [-0.39, 0.29) is 70.4 Å². The molecule has 0 saturated carbocycles. The Labute approximate surface area is 433 Å².